The van der Waals surface area contributed by atoms with Gasteiger partial charge in [-0.3, -0.25) is 9.59 Å². The van der Waals surface area contributed by atoms with Gasteiger partial charge < -0.3 is 19.9 Å². The number of carbonyl (C=O) groups is 2. The molecule has 8 nitrogen and oxygen atoms in total. The van der Waals surface area contributed by atoms with E-state index in [2.05, 4.69) is 25.3 Å². The molecule has 2 amide bonds. The average Bonchev–Trinajstić information content (AvgIpc) is 2.88. The Morgan fingerprint density at radius 3 is 2.55 bits per heavy atom. The van der Waals surface area contributed by atoms with E-state index >= 15 is 0 Å². The summed E-state index contributed by atoms with van der Waals surface area (Å²) in [7, 11) is 1.59. The molecule has 4 rings (SSSR count). The minimum absolute atomic E-state index is 0.112. The van der Waals surface area contributed by atoms with Crippen LogP contribution in [0.25, 0.3) is 0 Å². The summed E-state index contributed by atoms with van der Waals surface area (Å²) in [6, 6.07) is 11.1. The summed E-state index contributed by atoms with van der Waals surface area (Å²) in [5, 5.41) is 12.2. The molecule has 0 spiro atoms. The maximum Gasteiger partial charge on any atom is 0.234 e. The van der Waals surface area contributed by atoms with Crippen molar-refractivity contribution >= 4 is 35.1 Å². The van der Waals surface area contributed by atoms with Gasteiger partial charge in [0.05, 0.1) is 12.9 Å². The number of nitrogens with zero attached hydrogens (tertiary/aromatic N) is 4. The van der Waals surface area contributed by atoms with Gasteiger partial charge in [0.1, 0.15) is 10.8 Å². The fourth-order valence-corrected chi connectivity index (χ4v) is 4.94. The molecular weight excluding hydrogens is 438 g/mol. The topological polar surface area (TPSA) is 87.7 Å². The summed E-state index contributed by atoms with van der Waals surface area (Å²) in [5.74, 6) is 2.12. The molecule has 0 atom stereocenters. The number of likely N-dealkylation sites (tertiary alicyclic amines) is 1. The third kappa shape index (κ3) is 6.37. The number of carbonyl (C=O) groups excluding carboxylic acids is 2. The lowest BCUT2D eigenvalue weighted by atomic mass is 9.94. The third-order valence-electron chi connectivity index (χ3n) is 6.17. The predicted molar refractivity (Wildman–Crippen MR) is 130 cm³/mol. The van der Waals surface area contributed by atoms with Crippen LogP contribution in [0.1, 0.15) is 32.1 Å². The van der Waals surface area contributed by atoms with Crippen molar-refractivity contribution in [3.05, 3.63) is 36.4 Å². The second-order valence-electron chi connectivity index (χ2n) is 8.45. The van der Waals surface area contributed by atoms with Gasteiger partial charge in [0.15, 0.2) is 5.82 Å². The first-order valence-electron chi connectivity index (χ1n) is 11.6. The molecule has 0 bridgehead atoms. The minimum Gasteiger partial charge on any atom is -0.497 e. The molecule has 33 heavy (non-hydrogen) atoms. The highest BCUT2D eigenvalue weighted by Crippen LogP contribution is 2.25. The number of piperidine rings is 2. The van der Waals surface area contributed by atoms with Crippen LogP contribution in [0.5, 0.6) is 5.75 Å². The zero-order valence-corrected chi connectivity index (χ0v) is 19.9. The quantitative estimate of drug-likeness (QED) is 0.622. The number of nitrogens with one attached hydrogen (secondary N) is 1. The third-order valence-corrected chi connectivity index (χ3v) is 7.09. The molecule has 1 aromatic carbocycles. The monoisotopic (exact) mass is 469 g/mol. The molecule has 0 radical (unpaired) electrons. The lowest BCUT2D eigenvalue weighted by Crippen LogP contribution is -2.44. The molecule has 0 saturated carbocycles. The van der Waals surface area contributed by atoms with Gasteiger partial charge in [0.2, 0.25) is 11.8 Å². The summed E-state index contributed by atoms with van der Waals surface area (Å²) in [6.07, 6.45) is 5.22. The standard InChI is InChI=1S/C24H31N5O3S/c1-32-20-7-5-6-19(16-20)25-22(30)17-33-23-9-8-21(26-27-23)28-14-10-18(11-15-28)24(31)29-12-3-2-4-13-29/h5-9,16,18H,2-4,10-15,17H2,1H3,(H,25,30). The van der Waals surface area contributed by atoms with E-state index in [1.54, 1.807) is 13.2 Å². The summed E-state index contributed by atoms with van der Waals surface area (Å²) in [4.78, 5) is 29.2. The Morgan fingerprint density at radius 2 is 1.85 bits per heavy atom. The normalized spacial score (nSPS) is 17.0. The van der Waals surface area contributed by atoms with E-state index < -0.39 is 0 Å². The van der Waals surface area contributed by atoms with E-state index in [-0.39, 0.29) is 17.6 Å². The van der Waals surface area contributed by atoms with Crippen LogP contribution in [0.2, 0.25) is 0 Å². The maximum atomic E-state index is 12.8. The van der Waals surface area contributed by atoms with Crippen LogP contribution in [0.3, 0.4) is 0 Å². The van der Waals surface area contributed by atoms with Gasteiger partial charge in [-0.05, 0) is 56.4 Å². The van der Waals surface area contributed by atoms with E-state index in [9.17, 15) is 9.59 Å². The van der Waals surface area contributed by atoms with Crippen LogP contribution in [0, 0.1) is 5.92 Å². The molecule has 9 heteroatoms. The molecule has 0 unspecified atom stereocenters. The summed E-state index contributed by atoms with van der Waals surface area (Å²) in [6.45, 7) is 3.46. The van der Waals surface area contributed by atoms with Gasteiger partial charge in [-0.2, -0.15) is 0 Å². The Morgan fingerprint density at radius 1 is 1.06 bits per heavy atom. The molecule has 2 aliphatic rings. The number of rotatable bonds is 7. The van der Waals surface area contributed by atoms with Gasteiger partial charge in [-0.25, -0.2) is 0 Å². The number of hydrogen-bond donors (Lipinski definition) is 1. The summed E-state index contributed by atoms with van der Waals surface area (Å²) in [5.41, 5.74) is 0.698. The number of anilines is 2. The van der Waals surface area contributed by atoms with Gasteiger partial charge in [-0.1, -0.05) is 17.8 Å². The molecule has 0 aliphatic carbocycles. The van der Waals surface area contributed by atoms with Crippen molar-refractivity contribution < 1.29 is 14.3 Å². The van der Waals surface area contributed by atoms with Crippen molar-refractivity contribution in [1.82, 2.24) is 15.1 Å². The smallest absolute Gasteiger partial charge is 0.234 e. The van der Waals surface area contributed by atoms with Crippen LogP contribution in [-0.2, 0) is 9.59 Å². The lowest BCUT2D eigenvalue weighted by Gasteiger charge is -2.35. The van der Waals surface area contributed by atoms with Crippen LogP contribution < -0.4 is 15.0 Å². The zero-order valence-electron chi connectivity index (χ0n) is 19.0. The zero-order chi connectivity index (χ0) is 23.0. The molecule has 1 aromatic heterocycles. The number of hydrogen-bond acceptors (Lipinski definition) is 7. The number of thioether (sulfide) groups is 1. The first-order valence-corrected chi connectivity index (χ1v) is 12.5. The fourth-order valence-electron chi connectivity index (χ4n) is 4.32. The number of ether oxygens (including phenoxy) is 1. The van der Waals surface area contributed by atoms with Gasteiger partial charge in [-0.15, -0.1) is 10.2 Å². The Labute approximate surface area is 199 Å². The minimum atomic E-state index is -0.112. The second-order valence-corrected chi connectivity index (χ2v) is 9.44. The maximum absolute atomic E-state index is 12.8. The molecule has 3 heterocycles. The van der Waals surface area contributed by atoms with E-state index in [4.69, 9.17) is 4.74 Å². The highest BCUT2D eigenvalue weighted by atomic mass is 32.2. The largest absolute Gasteiger partial charge is 0.497 e. The van der Waals surface area contributed by atoms with E-state index in [0.29, 0.717) is 22.4 Å². The van der Waals surface area contributed by atoms with Crippen molar-refractivity contribution in [2.75, 3.05) is 49.3 Å². The number of methoxy groups -OCH3 is 1. The van der Waals surface area contributed by atoms with Crippen molar-refractivity contribution in [2.45, 2.75) is 37.1 Å². The fraction of sp³-hybridized carbons (Fsp3) is 0.500. The van der Waals surface area contributed by atoms with Crippen LogP contribution in [0.15, 0.2) is 41.4 Å². The van der Waals surface area contributed by atoms with Gasteiger partial charge >= 0.3 is 0 Å². The Kier molecular flexibility index (Phi) is 8.04. The van der Waals surface area contributed by atoms with Crippen LogP contribution >= 0.6 is 11.8 Å². The first kappa shape index (κ1) is 23.4. The van der Waals surface area contributed by atoms with Crippen molar-refractivity contribution in [3.8, 4) is 5.75 Å². The molecular formula is C24H31N5O3S. The lowest BCUT2D eigenvalue weighted by molar-refractivity contribution is -0.137. The summed E-state index contributed by atoms with van der Waals surface area (Å²) < 4.78 is 5.17. The van der Waals surface area contributed by atoms with Crippen molar-refractivity contribution in [1.29, 1.82) is 0 Å². The average molecular weight is 470 g/mol. The van der Waals surface area contributed by atoms with Crippen molar-refractivity contribution in [2.24, 2.45) is 5.92 Å². The van der Waals surface area contributed by atoms with Crippen LogP contribution in [-0.4, -0.2) is 66.0 Å². The Hall–Kier alpha value is -2.81. The number of benzene rings is 1. The van der Waals surface area contributed by atoms with E-state index in [1.807, 2.05) is 30.3 Å². The van der Waals surface area contributed by atoms with E-state index in [0.717, 1.165) is 57.7 Å². The van der Waals surface area contributed by atoms with E-state index in [1.165, 1.54) is 18.2 Å². The first-order chi connectivity index (χ1) is 16.1. The molecule has 2 saturated heterocycles. The highest BCUT2D eigenvalue weighted by molar-refractivity contribution is 7.99. The Bertz CT molecular complexity index is 941. The SMILES string of the molecule is COc1cccc(NC(=O)CSc2ccc(N3CCC(C(=O)N4CCCCC4)CC3)nn2)c1. The molecule has 1 N–H and O–H groups in total. The highest BCUT2D eigenvalue weighted by Gasteiger charge is 2.29. The second kappa shape index (κ2) is 11.4. The number of aromatic nitrogens is 2. The Balaban J connectivity index is 1.22. The van der Waals surface area contributed by atoms with Gasteiger partial charge in [0, 0.05) is 43.9 Å². The van der Waals surface area contributed by atoms with Crippen molar-refractivity contribution in [3.63, 3.8) is 0 Å². The molecule has 2 aromatic rings. The number of amides is 2. The predicted octanol–water partition coefficient (Wildman–Crippen LogP) is 3.44. The molecule has 2 fully saturated rings. The summed E-state index contributed by atoms with van der Waals surface area (Å²) >= 11 is 1.35. The van der Waals surface area contributed by atoms with Crippen LogP contribution in [0.4, 0.5) is 11.5 Å². The van der Waals surface area contributed by atoms with Gasteiger partial charge in [0.25, 0.3) is 0 Å². The molecule has 176 valence electrons. The molecule has 2 aliphatic heterocycles.